The van der Waals surface area contributed by atoms with Gasteiger partial charge < -0.3 is 15.4 Å². The Balaban J connectivity index is 1.66. The van der Waals surface area contributed by atoms with Crippen molar-refractivity contribution in [1.29, 1.82) is 0 Å². The number of hydrogen-bond donors (Lipinski definition) is 2. The second kappa shape index (κ2) is 8.05. The highest BCUT2D eigenvalue weighted by atomic mass is 16.5. The molecule has 1 saturated carbocycles. The quantitative estimate of drug-likeness (QED) is 0.741. The van der Waals surface area contributed by atoms with Gasteiger partial charge in [-0.25, -0.2) is 4.79 Å². The van der Waals surface area contributed by atoms with E-state index in [1.165, 1.54) is 12.8 Å². The number of rotatable bonds is 6. The molecule has 3 rings (SSSR count). The molecule has 1 saturated heterocycles. The Morgan fingerprint density at radius 3 is 2.84 bits per heavy atom. The van der Waals surface area contributed by atoms with Crippen molar-refractivity contribution in [3.05, 3.63) is 42.0 Å². The fourth-order valence-electron chi connectivity index (χ4n) is 3.67. The number of ether oxygens (including phenoxy) is 1. The standard InChI is InChI=1S/C21H30N2O2/c1-4-6-16-7-5-8-18(14(2)3)20(16)23-21(24)22-17-11-12-25-19(13-17)15-9-10-15/h4-5,7-8,14-15,17,19H,1,6,9-13H2,2-3H3,(H2,22,23,24). The van der Waals surface area contributed by atoms with Gasteiger partial charge >= 0.3 is 6.03 Å². The van der Waals surface area contributed by atoms with Gasteiger partial charge in [-0.15, -0.1) is 6.58 Å². The third-order valence-corrected chi connectivity index (χ3v) is 5.21. The Kier molecular flexibility index (Phi) is 5.79. The second-order valence-corrected chi connectivity index (χ2v) is 7.60. The summed E-state index contributed by atoms with van der Waals surface area (Å²) in [6.45, 7) is 8.87. The van der Waals surface area contributed by atoms with E-state index in [2.05, 4.69) is 49.3 Å². The lowest BCUT2D eigenvalue weighted by molar-refractivity contribution is -0.00889. The summed E-state index contributed by atoms with van der Waals surface area (Å²) in [4.78, 5) is 12.6. The largest absolute Gasteiger partial charge is 0.378 e. The van der Waals surface area contributed by atoms with E-state index in [-0.39, 0.29) is 12.1 Å². The predicted molar refractivity (Wildman–Crippen MR) is 102 cm³/mol. The van der Waals surface area contributed by atoms with Crippen LogP contribution >= 0.6 is 0 Å². The van der Waals surface area contributed by atoms with Crippen LogP contribution in [-0.4, -0.2) is 24.8 Å². The first-order valence-electron chi connectivity index (χ1n) is 9.50. The molecule has 2 amide bonds. The number of hydrogen-bond acceptors (Lipinski definition) is 2. The van der Waals surface area contributed by atoms with Crippen molar-refractivity contribution in [2.45, 2.75) is 64.0 Å². The molecule has 1 aromatic rings. The fourth-order valence-corrected chi connectivity index (χ4v) is 3.67. The number of benzene rings is 1. The summed E-state index contributed by atoms with van der Waals surface area (Å²) in [6.07, 6.45) is 7.33. The molecule has 2 fully saturated rings. The molecular formula is C21H30N2O2. The number of para-hydroxylation sites is 1. The maximum atomic E-state index is 12.6. The van der Waals surface area contributed by atoms with E-state index in [1.54, 1.807) is 0 Å². The van der Waals surface area contributed by atoms with Gasteiger partial charge in [0.25, 0.3) is 0 Å². The summed E-state index contributed by atoms with van der Waals surface area (Å²) in [5.41, 5.74) is 3.21. The molecule has 2 atom stereocenters. The molecule has 1 aromatic carbocycles. The number of carbonyl (C=O) groups is 1. The van der Waals surface area contributed by atoms with Crippen LogP contribution in [0.2, 0.25) is 0 Å². The average Bonchev–Trinajstić information content (AvgIpc) is 3.41. The molecule has 0 bridgehead atoms. The van der Waals surface area contributed by atoms with Crippen LogP contribution in [0.3, 0.4) is 0 Å². The molecule has 4 heteroatoms. The van der Waals surface area contributed by atoms with Crippen molar-refractivity contribution in [3.8, 4) is 0 Å². The number of carbonyl (C=O) groups excluding carboxylic acids is 1. The van der Waals surface area contributed by atoms with Gasteiger partial charge in [-0.05, 0) is 55.1 Å². The topological polar surface area (TPSA) is 50.4 Å². The van der Waals surface area contributed by atoms with Crippen molar-refractivity contribution in [2.24, 2.45) is 5.92 Å². The first-order chi connectivity index (χ1) is 12.1. The third kappa shape index (κ3) is 4.63. The number of anilines is 1. The normalized spacial score (nSPS) is 23.3. The molecule has 0 spiro atoms. The molecule has 136 valence electrons. The van der Waals surface area contributed by atoms with Gasteiger partial charge in [-0.1, -0.05) is 38.1 Å². The number of allylic oxidation sites excluding steroid dienone is 1. The monoisotopic (exact) mass is 342 g/mol. The maximum absolute atomic E-state index is 12.6. The summed E-state index contributed by atoms with van der Waals surface area (Å²) in [6, 6.07) is 6.29. The van der Waals surface area contributed by atoms with Crippen molar-refractivity contribution in [2.75, 3.05) is 11.9 Å². The van der Waals surface area contributed by atoms with Crippen LogP contribution in [0.4, 0.5) is 10.5 Å². The SMILES string of the molecule is C=CCc1cccc(C(C)C)c1NC(=O)NC1CCOC(C2CC2)C1. The molecule has 2 aliphatic rings. The van der Waals surface area contributed by atoms with Crippen LogP contribution in [0, 0.1) is 5.92 Å². The van der Waals surface area contributed by atoms with Crippen molar-refractivity contribution in [3.63, 3.8) is 0 Å². The van der Waals surface area contributed by atoms with E-state index in [4.69, 9.17) is 4.74 Å². The molecule has 4 nitrogen and oxygen atoms in total. The zero-order chi connectivity index (χ0) is 17.8. The van der Waals surface area contributed by atoms with Gasteiger partial charge in [0.2, 0.25) is 0 Å². The van der Waals surface area contributed by atoms with Crippen LogP contribution in [0.1, 0.15) is 56.6 Å². The molecule has 1 aliphatic carbocycles. The zero-order valence-electron chi connectivity index (χ0n) is 15.4. The number of urea groups is 1. The van der Waals surface area contributed by atoms with E-state index in [9.17, 15) is 4.79 Å². The van der Waals surface area contributed by atoms with Crippen LogP contribution in [0.25, 0.3) is 0 Å². The minimum Gasteiger partial charge on any atom is -0.378 e. The fraction of sp³-hybridized carbons (Fsp3) is 0.571. The van der Waals surface area contributed by atoms with Gasteiger partial charge in [-0.2, -0.15) is 0 Å². The molecular weight excluding hydrogens is 312 g/mol. The van der Waals surface area contributed by atoms with Gasteiger partial charge in [0.05, 0.1) is 6.10 Å². The molecule has 0 radical (unpaired) electrons. The number of amides is 2. The van der Waals surface area contributed by atoms with Gasteiger partial charge in [0.1, 0.15) is 0 Å². The summed E-state index contributed by atoms with van der Waals surface area (Å²) in [5, 5.41) is 6.27. The summed E-state index contributed by atoms with van der Waals surface area (Å²) in [5.74, 6) is 1.07. The molecule has 25 heavy (non-hydrogen) atoms. The Bertz CT molecular complexity index is 622. The predicted octanol–water partition coefficient (Wildman–Crippen LogP) is 4.62. The summed E-state index contributed by atoms with van der Waals surface area (Å²) < 4.78 is 5.85. The van der Waals surface area contributed by atoms with E-state index >= 15 is 0 Å². The van der Waals surface area contributed by atoms with Crippen molar-refractivity contribution < 1.29 is 9.53 Å². The third-order valence-electron chi connectivity index (χ3n) is 5.21. The Morgan fingerprint density at radius 2 is 2.16 bits per heavy atom. The van der Waals surface area contributed by atoms with E-state index in [0.29, 0.717) is 17.9 Å². The van der Waals surface area contributed by atoms with Crippen LogP contribution in [-0.2, 0) is 11.2 Å². The minimum absolute atomic E-state index is 0.111. The lowest BCUT2D eigenvalue weighted by atomic mass is 9.96. The first kappa shape index (κ1) is 18.0. The maximum Gasteiger partial charge on any atom is 0.319 e. The van der Waals surface area contributed by atoms with Gasteiger partial charge in [0, 0.05) is 18.3 Å². The molecule has 1 heterocycles. The highest BCUT2D eigenvalue weighted by Crippen LogP contribution is 2.38. The number of nitrogens with one attached hydrogen (secondary N) is 2. The van der Waals surface area contributed by atoms with E-state index in [0.717, 1.165) is 42.7 Å². The lowest BCUT2D eigenvalue weighted by Crippen LogP contribution is -2.44. The highest BCUT2D eigenvalue weighted by Gasteiger charge is 2.36. The van der Waals surface area contributed by atoms with Crippen molar-refractivity contribution in [1.82, 2.24) is 5.32 Å². The molecule has 2 N–H and O–H groups in total. The van der Waals surface area contributed by atoms with Gasteiger partial charge in [-0.3, -0.25) is 0 Å². The molecule has 0 aromatic heterocycles. The summed E-state index contributed by atoms with van der Waals surface area (Å²) >= 11 is 0. The van der Waals surface area contributed by atoms with Crippen LogP contribution < -0.4 is 10.6 Å². The first-order valence-corrected chi connectivity index (χ1v) is 9.50. The second-order valence-electron chi connectivity index (χ2n) is 7.60. The average molecular weight is 342 g/mol. The smallest absolute Gasteiger partial charge is 0.319 e. The summed E-state index contributed by atoms with van der Waals surface area (Å²) in [7, 11) is 0. The van der Waals surface area contributed by atoms with Gasteiger partial charge in [0.15, 0.2) is 0 Å². The van der Waals surface area contributed by atoms with E-state index < -0.39 is 0 Å². The van der Waals surface area contributed by atoms with Crippen molar-refractivity contribution >= 4 is 11.7 Å². The lowest BCUT2D eigenvalue weighted by Gasteiger charge is -2.30. The highest BCUT2D eigenvalue weighted by molar-refractivity contribution is 5.91. The Labute approximate surface area is 151 Å². The van der Waals surface area contributed by atoms with Crippen LogP contribution in [0.5, 0.6) is 0 Å². The zero-order valence-corrected chi connectivity index (χ0v) is 15.4. The van der Waals surface area contributed by atoms with Crippen LogP contribution in [0.15, 0.2) is 30.9 Å². The minimum atomic E-state index is -0.111. The molecule has 1 aliphatic heterocycles. The Hall–Kier alpha value is -1.81. The molecule has 2 unspecified atom stereocenters. The van der Waals surface area contributed by atoms with E-state index in [1.807, 2.05) is 6.08 Å². The Morgan fingerprint density at radius 1 is 1.36 bits per heavy atom.